The SMILES string of the molecule is CNCC(Cc1ccccc1Br)c1ccccc1F. The Hall–Kier alpha value is -1.19. The molecule has 0 aliphatic carbocycles. The molecule has 0 aliphatic rings. The van der Waals surface area contributed by atoms with Crippen molar-refractivity contribution in [3.05, 3.63) is 69.9 Å². The highest BCUT2D eigenvalue weighted by molar-refractivity contribution is 9.10. The third kappa shape index (κ3) is 3.64. The molecule has 2 aromatic carbocycles. The summed E-state index contributed by atoms with van der Waals surface area (Å²) in [4.78, 5) is 0. The van der Waals surface area contributed by atoms with Gasteiger partial charge in [0.05, 0.1) is 0 Å². The molecule has 2 aromatic rings. The van der Waals surface area contributed by atoms with Crippen LogP contribution >= 0.6 is 15.9 Å². The van der Waals surface area contributed by atoms with E-state index in [9.17, 15) is 4.39 Å². The second kappa shape index (κ2) is 6.83. The van der Waals surface area contributed by atoms with Gasteiger partial charge in [-0.3, -0.25) is 0 Å². The fourth-order valence-electron chi connectivity index (χ4n) is 2.27. The average molecular weight is 322 g/mol. The molecule has 19 heavy (non-hydrogen) atoms. The predicted octanol–water partition coefficient (Wildman–Crippen LogP) is 4.13. The van der Waals surface area contributed by atoms with Crippen LogP contribution in [0.25, 0.3) is 0 Å². The van der Waals surface area contributed by atoms with Crippen molar-refractivity contribution < 1.29 is 4.39 Å². The molecule has 2 rings (SSSR count). The number of rotatable bonds is 5. The molecule has 0 aromatic heterocycles. The average Bonchev–Trinajstić information content (AvgIpc) is 2.41. The summed E-state index contributed by atoms with van der Waals surface area (Å²) in [6.45, 7) is 0.752. The summed E-state index contributed by atoms with van der Waals surface area (Å²) >= 11 is 3.55. The highest BCUT2D eigenvalue weighted by atomic mass is 79.9. The maximum Gasteiger partial charge on any atom is 0.126 e. The molecule has 0 spiro atoms. The molecule has 0 fully saturated rings. The van der Waals surface area contributed by atoms with Crippen LogP contribution in [0.2, 0.25) is 0 Å². The highest BCUT2D eigenvalue weighted by Gasteiger charge is 2.16. The molecular formula is C16H17BrFN. The standard InChI is InChI=1S/C16H17BrFN/c1-19-11-13(14-7-3-5-9-16(14)18)10-12-6-2-4-8-15(12)17/h2-9,13,19H,10-11H2,1H3. The molecule has 1 unspecified atom stereocenters. The van der Waals surface area contributed by atoms with Crippen molar-refractivity contribution in [2.24, 2.45) is 0 Å². The summed E-state index contributed by atoms with van der Waals surface area (Å²) in [6.07, 6.45) is 0.809. The molecule has 1 N–H and O–H groups in total. The lowest BCUT2D eigenvalue weighted by molar-refractivity contribution is 0.556. The summed E-state index contributed by atoms with van der Waals surface area (Å²) in [6, 6.07) is 15.1. The Labute approximate surface area is 122 Å². The van der Waals surface area contributed by atoms with E-state index in [2.05, 4.69) is 27.3 Å². The topological polar surface area (TPSA) is 12.0 Å². The monoisotopic (exact) mass is 321 g/mol. The third-order valence-corrected chi connectivity index (χ3v) is 3.99. The summed E-state index contributed by atoms with van der Waals surface area (Å²) in [5.41, 5.74) is 1.97. The van der Waals surface area contributed by atoms with E-state index >= 15 is 0 Å². The van der Waals surface area contributed by atoms with Gasteiger partial charge in [0.15, 0.2) is 0 Å². The van der Waals surface area contributed by atoms with Gasteiger partial charge in [0, 0.05) is 16.9 Å². The first-order chi connectivity index (χ1) is 9.22. The van der Waals surface area contributed by atoms with Crippen LogP contribution in [0.5, 0.6) is 0 Å². The number of hydrogen-bond donors (Lipinski definition) is 1. The van der Waals surface area contributed by atoms with Crippen molar-refractivity contribution in [2.45, 2.75) is 12.3 Å². The molecule has 0 radical (unpaired) electrons. The second-order valence-corrected chi connectivity index (χ2v) is 5.43. The molecule has 0 amide bonds. The fourth-order valence-corrected chi connectivity index (χ4v) is 2.72. The van der Waals surface area contributed by atoms with Gasteiger partial charge in [0.25, 0.3) is 0 Å². The second-order valence-electron chi connectivity index (χ2n) is 4.57. The number of benzene rings is 2. The summed E-state index contributed by atoms with van der Waals surface area (Å²) < 4.78 is 15.0. The van der Waals surface area contributed by atoms with Crippen LogP contribution < -0.4 is 5.32 Å². The molecule has 100 valence electrons. The number of hydrogen-bond acceptors (Lipinski definition) is 1. The lowest BCUT2D eigenvalue weighted by Gasteiger charge is -2.18. The van der Waals surface area contributed by atoms with Crippen LogP contribution in [0.4, 0.5) is 4.39 Å². The smallest absolute Gasteiger partial charge is 0.126 e. The Morgan fingerprint density at radius 3 is 2.47 bits per heavy atom. The largest absolute Gasteiger partial charge is 0.319 e. The molecule has 0 heterocycles. The zero-order valence-electron chi connectivity index (χ0n) is 10.9. The minimum absolute atomic E-state index is 0.130. The van der Waals surface area contributed by atoms with Gasteiger partial charge in [-0.15, -0.1) is 0 Å². The van der Waals surface area contributed by atoms with Crippen LogP contribution in [-0.4, -0.2) is 13.6 Å². The van der Waals surface area contributed by atoms with E-state index in [4.69, 9.17) is 0 Å². The summed E-state index contributed by atoms with van der Waals surface area (Å²) in [5, 5.41) is 3.15. The van der Waals surface area contributed by atoms with Crippen LogP contribution in [-0.2, 0) is 6.42 Å². The van der Waals surface area contributed by atoms with E-state index < -0.39 is 0 Å². The first kappa shape index (κ1) is 14.2. The quantitative estimate of drug-likeness (QED) is 0.873. The third-order valence-electron chi connectivity index (χ3n) is 3.22. The highest BCUT2D eigenvalue weighted by Crippen LogP contribution is 2.26. The first-order valence-corrected chi connectivity index (χ1v) is 7.14. The number of likely N-dealkylation sites (N-methyl/N-ethyl adjacent to an activating group) is 1. The number of halogens is 2. The van der Waals surface area contributed by atoms with E-state index in [1.54, 1.807) is 6.07 Å². The van der Waals surface area contributed by atoms with E-state index in [0.717, 1.165) is 23.0 Å². The van der Waals surface area contributed by atoms with Crippen molar-refractivity contribution >= 4 is 15.9 Å². The Morgan fingerprint density at radius 2 is 1.79 bits per heavy atom. The van der Waals surface area contributed by atoms with Crippen LogP contribution in [0.15, 0.2) is 53.0 Å². The minimum Gasteiger partial charge on any atom is -0.319 e. The van der Waals surface area contributed by atoms with Crippen molar-refractivity contribution in [1.82, 2.24) is 5.32 Å². The molecule has 3 heteroatoms. The van der Waals surface area contributed by atoms with Crippen molar-refractivity contribution in [3.8, 4) is 0 Å². The maximum absolute atomic E-state index is 13.9. The Kier molecular flexibility index (Phi) is 5.11. The Balaban J connectivity index is 2.27. The van der Waals surface area contributed by atoms with Gasteiger partial charge in [-0.2, -0.15) is 0 Å². The van der Waals surface area contributed by atoms with Gasteiger partial charge >= 0.3 is 0 Å². The minimum atomic E-state index is -0.130. The maximum atomic E-state index is 13.9. The normalized spacial score (nSPS) is 12.4. The van der Waals surface area contributed by atoms with E-state index in [0.29, 0.717) is 0 Å². The fraction of sp³-hybridized carbons (Fsp3) is 0.250. The van der Waals surface area contributed by atoms with Crippen LogP contribution in [0.1, 0.15) is 17.0 Å². The Bertz CT molecular complexity index is 542. The van der Waals surface area contributed by atoms with E-state index in [1.165, 1.54) is 11.6 Å². The van der Waals surface area contributed by atoms with Crippen LogP contribution in [0, 0.1) is 5.82 Å². The molecule has 0 bridgehead atoms. The summed E-state index contributed by atoms with van der Waals surface area (Å²) in [7, 11) is 1.90. The van der Waals surface area contributed by atoms with Crippen molar-refractivity contribution in [3.63, 3.8) is 0 Å². The molecule has 0 saturated heterocycles. The number of nitrogens with one attached hydrogen (secondary N) is 1. The van der Waals surface area contributed by atoms with Gasteiger partial charge in [-0.1, -0.05) is 52.3 Å². The van der Waals surface area contributed by atoms with Gasteiger partial charge < -0.3 is 5.32 Å². The zero-order valence-corrected chi connectivity index (χ0v) is 12.5. The molecule has 1 atom stereocenters. The zero-order chi connectivity index (χ0) is 13.7. The molecule has 1 nitrogen and oxygen atoms in total. The van der Waals surface area contributed by atoms with Gasteiger partial charge in [0.1, 0.15) is 5.82 Å². The molecular weight excluding hydrogens is 305 g/mol. The Morgan fingerprint density at radius 1 is 1.11 bits per heavy atom. The van der Waals surface area contributed by atoms with E-state index in [-0.39, 0.29) is 11.7 Å². The van der Waals surface area contributed by atoms with Crippen LogP contribution in [0.3, 0.4) is 0 Å². The molecule has 0 aliphatic heterocycles. The lowest BCUT2D eigenvalue weighted by Crippen LogP contribution is -2.20. The molecule has 0 saturated carbocycles. The van der Waals surface area contributed by atoms with Gasteiger partial charge in [-0.05, 0) is 36.7 Å². The lowest BCUT2D eigenvalue weighted by atomic mass is 9.91. The predicted molar refractivity (Wildman–Crippen MR) is 80.9 cm³/mol. The summed E-state index contributed by atoms with van der Waals surface area (Å²) in [5.74, 6) is -0.000274. The van der Waals surface area contributed by atoms with Gasteiger partial charge in [-0.25, -0.2) is 4.39 Å². The van der Waals surface area contributed by atoms with Crippen molar-refractivity contribution in [2.75, 3.05) is 13.6 Å². The van der Waals surface area contributed by atoms with E-state index in [1.807, 2.05) is 37.4 Å². The van der Waals surface area contributed by atoms with Gasteiger partial charge in [0.2, 0.25) is 0 Å². The van der Waals surface area contributed by atoms with Crippen molar-refractivity contribution in [1.29, 1.82) is 0 Å². The first-order valence-electron chi connectivity index (χ1n) is 6.34.